The number of hydrogen-bond donors (Lipinski definition) is 1. The summed E-state index contributed by atoms with van der Waals surface area (Å²) in [6, 6.07) is 5.44. The number of carbonyl (C=O) groups is 1. The van der Waals surface area contributed by atoms with E-state index in [4.69, 9.17) is 0 Å². The molecule has 1 fully saturated rings. The number of rotatable bonds is 1. The minimum absolute atomic E-state index is 0.0469. The molecule has 0 aromatic heterocycles. The number of aromatic hydroxyl groups is 1. The molecule has 1 saturated heterocycles. The van der Waals surface area contributed by atoms with Crippen LogP contribution in [0.15, 0.2) is 18.2 Å². The van der Waals surface area contributed by atoms with Gasteiger partial charge in [0.1, 0.15) is 5.75 Å². The molecule has 17 heavy (non-hydrogen) atoms. The van der Waals surface area contributed by atoms with Crippen molar-refractivity contribution in [3.63, 3.8) is 0 Å². The summed E-state index contributed by atoms with van der Waals surface area (Å²) in [5.74, 6) is 0.242. The molecule has 1 aromatic rings. The summed E-state index contributed by atoms with van der Waals surface area (Å²) in [6.07, 6.45) is 3.35. The third-order valence-corrected chi connectivity index (χ3v) is 3.60. The predicted molar refractivity (Wildman–Crippen MR) is 67.2 cm³/mol. The van der Waals surface area contributed by atoms with Crippen molar-refractivity contribution in [1.82, 2.24) is 4.90 Å². The highest BCUT2D eigenvalue weighted by atomic mass is 16.3. The Kier molecular flexibility index (Phi) is 3.36. The Morgan fingerprint density at radius 2 is 2.18 bits per heavy atom. The fourth-order valence-electron chi connectivity index (χ4n) is 2.41. The molecule has 3 nitrogen and oxygen atoms in total. The standard InChI is InChI=1S/C14H19NO2/c1-10-6-3-4-9-15(10)14(17)12-7-5-8-13(16)11(12)2/h5,7-8,10,16H,3-4,6,9H2,1-2H3. The summed E-state index contributed by atoms with van der Waals surface area (Å²) in [5, 5.41) is 9.64. The van der Waals surface area contributed by atoms with Gasteiger partial charge in [-0.1, -0.05) is 6.07 Å². The normalized spacial score (nSPS) is 20.4. The average molecular weight is 233 g/mol. The number of hydrogen-bond acceptors (Lipinski definition) is 2. The number of piperidine rings is 1. The second-order valence-electron chi connectivity index (χ2n) is 4.79. The van der Waals surface area contributed by atoms with Gasteiger partial charge < -0.3 is 10.0 Å². The highest BCUT2D eigenvalue weighted by Crippen LogP contribution is 2.24. The largest absolute Gasteiger partial charge is 0.508 e. The van der Waals surface area contributed by atoms with Crippen molar-refractivity contribution in [2.24, 2.45) is 0 Å². The van der Waals surface area contributed by atoms with Crippen molar-refractivity contribution in [1.29, 1.82) is 0 Å². The quantitative estimate of drug-likeness (QED) is 0.810. The molecule has 1 atom stereocenters. The zero-order valence-corrected chi connectivity index (χ0v) is 10.4. The number of phenolic OH excluding ortho intramolecular Hbond substituents is 1. The lowest BCUT2D eigenvalue weighted by atomic mass is 10.0. The van der Waals surface area contributed by atoms with Crippen LogP contribution >= 0.6 is 0 Å². The fraction of sp³-hybridized carbons (Fsp3) is 0.500. The Bertz CT molecular complexity index is 428. The van der Waals surface area contributed by atoms with Crippen LogP contribution in [-0.2, 0) is 0 Å². The molecule has 0 saturated carbocycles. The highest BCUT2D eigenvalue weighted by molar-refractivity contribution is 5.96. The lowest BCUT2D eigenvalue weighted by molar-refractivity contribution is 0.0634. The first kappa shape index (κ1) is 12.0. The number of benzene rings is 1. The SMILES string of the molecule is Cc1c(O)cccc1C(=O)N1CCCCC1C. The summed E-state index contributed by atoms with van der Waals surface area (Å²) in [4.78, 5) is 14.3. The monoisotopic (exact) mass is 233 g/mol. The Labute approximate surface area is 102 Å². The molecule has 92 valence electrons. The number of phenols is 1. The molecule has 1 heterocycles. The molecule has 1 aliphatic rings. The van der Waals surface area contributed by atoms with Crippen LogP contribution in [0.25, 0.3) is 0 Å². The van der Waals surface area contributed by atoms with Crippen molar-refractivity contribution in [3.8, 4) is 5.75 Å². The molecule has 0 bridgehead atoms. The summed E-state index contributed by atoms with van der Waals surface area (Å²) in [7, 11) is 0. The van der Waals surface area contributed by atoms with E-state index in [1.165, 1.54) is 6.42 Å². The van der Waals surface area contributed by atoms with E-state index in [9.17, 15) is 9.90 Å². The first-order valence-electron chi connectivity index (χ1n) is 6.21. The maximum absolute atomic E-state index is 12.4. The fourth-order valence-corrected chi connectivity index (χ4v) is 2.41. The molecule has 2 rings (SSSR count). The van der Waals surface area contributed by atoms with E-state index in [1.807, 2.05) is 4.90 Å². The Morgan fingerprint density at radius 3 is 2.88 bits per heavy atom. The summed E-state index contributed by atoms with van der Waals surface area (Å²) >= 11 is 0. The van der Waals surface area contributed by atoms with Crippen LogP contribution in [0.5, 0.6) is 5.75 Å². The highest BCUT2D eigenvalue weighted by Gasteiger charge is 2.25. The number of likely N-dealkylation sites (tertiary alicyclic amines) is 1. The van der Waals surface area contributed by atoms with E-state index < -0.39 is 0 Å². The zero-order valence-electron chi connectivity index (χ0n) is 10.4. The summed E-state index contributed by atoms with van der Waals surface area (Å²) in [6.45, 7) is 4.71. The zero-order chi connectivity index (χ0) is 12.4. The molecule has 1 aromatic carbocycles. The molecule has 1 aliphatic heterocycles. The van der Waals surface area contributed by atoms with Gasteiger partial charge in [0.25, 0.3) is 5.91 Å². The smallest absolute Gasteiger partial charge is 0.254 e. The lowest BCUT2D eigenvalue weighted by Crippen LogP contribution is -2.42. The minimum atomic E-state index is 0.0469. The van der Waals surface area contributed by atoms with Gasteiger partial charge in [-0.25, -0.2) is 0 Å². The second-order valence-corrected chi connectivity index (χ2v) is 4.79. The van der Waals surface area contributed by atoms with E-state index in [-0.39, 0.29) is 11.7 Å². The molecular formula is C14H19NO2. The van der Waals surface area contributed by atoms with E-state index >= 15 is 0 Å². The van der Waals surface area contributed by atoms with Crippen LogP contribution in [0, 0.1) is 6.92 Å². The van der Waals surface area contributed by atoms with Crippen LogP contribution in [-0.4, -0.2) is 28.5 Å². The van der Waals surface area contributed by atoms with Gasteiger partial charge >= 0.3 is 0 Å². The third-order valence-electron chi connectivity index (χ3n) is 3.60. The van der Waals surface area contributed by atoms with E-state index in [0.717, 1.165) is 19.4 Å². The first-order valence-corrected chi connectivity index (χ1v) is 6.21. The number of nitrogens with zero attached hydrogens (tertiary/aromatic N) is 1. The lowest BCUT2D eigenvalue weighted by Gasteiger charge is -2.33. The predicted octanol–water partition coefficient (Wildman–Crippen LogP) is 2.72. The van der Waals surface area contributed by atoms with Gasteiger partial charge in [-0.15, -0.1) is 0 Å². The Balaban J connectivity index is 2.27. The molecule has 1 unspecified atom stereocenters. The number of carbonyl (C=O) groups excluding carboxylic acids is 1. The van der Waals surface area contributed by atoms with Crippen LogP contribution in [0.2, 0.25) is 0 Å². The van der Waals surface area contributed by atoms with Gasteiger partial charge in [-0.2, -0.15) is 0 Å². The van der Waals surface area contributed by atoms with Gasteiger partial charge in [0.2, 0.25) is 0 Å². The van der Waals surface area contributed by atoms with Crippen LogP contribution in [0.1, 0.15) is 42.1 Å². The van der Waals surface area contributed by atoms with Crippen LogP contribution in [0.4, 0.5) is 0 Å². The molecule has 0 aliphatic carbocycles. The topological polar surface area (TPSA) is 40.5 Å². The Hall–Kier alpha value is -1.51. The van der Waals surface area contributed by atoms with E-state index in [2.05, 4.69) is 6.92 Å². The minimum Gasteiger partial charge on any atom is -0.508 e. The molecule has 3 heteroatoms. The first-order chi connectivity index (χ1) is 8.11. The third kappa shape index (κ3) is 2.28. The van der Waals surface area contributed by atoms with Crippen molar-refractivity contribution in [3.05, 3.63) is 29.3 Å². The summed E-state index contributed by atoms with van der Waals surface area (Å²) < 4.78 is 0. The molecule has 0 spiro atoms. The molecule has 0 radical (unpaired) electrons. The van der Waals surface area contributed by atoms with Crippen molar-refractivity contribution >= 4 is 5.91 Å². The Morgan fingerprint density at radius 1 is 1.41 bits per heavy atom. The second kappa shape index (κ2) is 4.78. The van der Waals surface area contributed by atoms with E-state index in [0.29, 0.717) is 17.2 Å². The van der Waals surface area contributed by atoms with E-state index in [1.54, 1.807) is 25.1 Å². The molecule has 1 N–H and O–H groups in total. The average Bonchev–Trinajstić information content (AvgIpc) is 2.32. The summed E-state index contributed by atoms with van der Waals surface area (Å²) in [5.41, 5.74) is 1.30. The van der Waals surface area contributed by atoms with Crippen molar-refractivity contribution in [2.75, 3.05) is 6.54 Å². The van der Waals surface area contributed by atoms with Crippen molar-refractivity contribution in [2.45, 2.75) is 39.2 Å². The van der Waals surface area contributed by atoms with Crippen molar-refractivity contribution < 1.29 is 9.90 Å². The van der Waals surface area contributed by atoms with Crippen LogP contribution in [0.3, 0.4) is 0 Å². The van der Waals surface area contributed by atoms with Crippen LogP contribution < -0.4 is 0 Å². The maximum Gasteiger partial charge on any atom is 0.254 e. The van der Waals surface area contributed by atoms with Gasteiger partial charge in [0.05, 0.1) is 0 Å². The van der Waals surface area contributed by atoms with Gasteiger partial charge in [-0.05, 0) is 45.2 Å². The maximum atomic E-state index is 12.4. The number of amides is 1. The molecular weight excluding hydrogens is 214 g/mol. The van der Waals surface area contributed by atoms with Gasteiger partial charge in [0, 0.05) is 23.7 Å². The van der Waals surface area contributed by atoms with Gasteiger partial charge in [0.15, 0.2) is 0 Å². The van der Waals surface area contributed by atoms with Gasteiger partial charge in [-0.3, -0.25) is 4.79 Å². The molecule has 1 amide bonds.